The molecule has 0 saturated carbocycles. The van der Waals surface area contributed by atoms with Gasteiger partial charge in [-0.05, 0) is 0 Å². The number of rotatable bonds is 5. The van der Waals surface area contributed by atoms with Gasteiger partial charge in [-0.15, -0.1) is 0 Å². The molecule has 0 aliphatic carbocycles. The molecule has 0 amide bonds. The first-order valence-electron chi connectivity index (χ1n) is 5.75. The average molecular weight is 370 g/mol. The molecule has 1 nitrogen and oxygen atoms in total. The predicted molar refractivity (Wildman–Crippen MR) is 80.5 cm³/mol. The van der Waals surface area contributed by atoms with Crippen LogP contribution in [0.15, 0.2) is 59.1 Å². The van der Waals surface area contributed by atoms with Crippen molar-refractivity contribution in [2.45, 2.75) is 11.4 Å². The van der Waals surface area contributed by atoms with Crippen LogP contribution >= 0.6 is 15.9 Å². The topological polar surface area (TPSA) is 9.23 Å². The second kappa shape index (κ2) is 7.10. The molecular formula is C15H15BrOSe. The van der Waals surface area contributed by atoms with Crippen LogP contribution < -0.4 is 4.46 Å². The molecule has 94 valence electrons. The Hall–Kier alpha value is -0.601. The summed E-state index contributed by atoms with van der Waals surface area (Å²) in [5, 5.41) is 1.06. The number of methoxy groups -OCH3 is 1. The summed E-state index contributed by atoms with van der Waals surface area (Å²) >= 11 is 3.91. The van der Waals surface area contributed by atoms with E-state index < -0.39 is 0 Å². The number of hydrogen-bond donors (Lipinski definition) is 0. The van der Waals surface area contributed by atoms with E-state index in [0.717, 1.165) is 9.79 Å². The molecule has 0 radical (unpaired) electrons. The van der Waals surface area contributed by atoms with E-state index >= 15 is 0 Å². The Morgan fingerprint density at radius 3 is 2.33 bits per heavy atom. The summed E-state index contributed by atoms with van der Waals surface area (Å²) in [6, 6.07) is 19.0. The monoisotopic (exact) mass is 370 g/mol. The van der Waals surface area contributed by atoms with E-state index in [9.17, 15) is 0 Å². The molecule has 0 bridgehead atoms. The molecule has 0 fully saturated rings. The molecule has 0 saturated heterocycles. The van der Waals surface area contributed by atoms with Crippen LogP contribution in [0.4, 0.5) is 0 Å². The third-order valence-electron chi connectivity index (χ3n) is 2.67. The summed E-state index contributed by atoms with van der Waals surface area (Å²) in [5.74, 6) is 0. The number of ether oxygens (including phenoxy) is 1. The van der Waals surface area contributed by atoms with Gasteiger partial charge >= 0.3 is 123 Å². The normalized spacial score (nSPS) is 12.3. The second-order valence-electron chi connectivity index (χ2n) is 3.90. The molecule has 2 aromatic carbocycles. The van der Waals surface area contributed by atoms with Gasteiger partial charge in [0.05, 0.1) is 0 Å². The van der Waals surface area contributed by atoms with E-state index in [0.29, 0.717) is 15.0 Å². The Morgan fingerprint density at radius 1 is 1.06 bits per heavy atom. The van der Waals surface area contributed by atoms with Gasteiger partial charge in [-0.2, -0.15) is 0 Å². The van der Waals surface area contributed by atoms with Crippen LogP contribution in [0.5, 0.6) is 0 Å². The molecule has 0 heterocycles. The summed E-state index contributed by atoms with van der Waals surface area (Å²) in [7, 11) is 1.79. The van der Waals surface area contributed by atoms with Gasteiger partial charge in [-0.25, -0.2) is 0 Å². The van der Waals surface area contributed by atoms with Crippen LogP contribution in [0.3, 0.4) is 0 Å². The van der Waals surface area contributed by atoms with Crippen LogP contribution in [0.1, 0.15) is 11.7 Å². The van der Waals surface area contributed by atoms with E-state index in [1.54, 1.807) is 7.11 Å². The minimum atomic E-state index is 0.193. The van der Waals surface area contributed by atoms with Crippen molar-refractivity contribution in [1.29, 1.82) is 0 Å². The molecule has 1 unspecified atom stereocenters. The van der Waals surface area contributed by atoms with Crippen LogP contribution in [0.2, 0.25) is 5.32 Å². The second-order valence-corrected chi connectivity index (χ2v) is 7.11. The Morgan fingerprint density at radius 2 is 1.72 bits per heavy atom. The number of benzene rings is 2. The molecule has 0 spiro atoms. The van der Waals surface area contributed by atoms with Crippen molar-refractivity contribution in [2.75, 3.05) is 7.11 Å². The fourth-order valence-corrected chi connectivity index (χ4v) is 4.07. The van der Waals surface area contributed by atoms with E-state index in [4.69, 9.17) is 4.74 Å². The first kappa shape index (κ1) is 13.8. The maximum absolute atomic E-state index is 5.60. The Kier molecular flexibility index (Phi) is 5.45. The molecule has 0 aromatic heterocycles. The first-order chi connectivity index (χ1) is 8.79. The van der Waals surface area contributed by atoms with Gasteiger partial charge in [-0.3, -0.25) is 0 Å². The molecule has 1 atom stereocenters. The van der Waals surface area contributed by atoms with Gasteiger partial charge < -0.3 is 0 Å². The fraction of sp³-hybridized carbons (Fsp3) is 0.200. The molecule has 2 rings (SSSR count). The molecule has 2 aromatic rings. The Labute approximate surface area is 123 Å². The quantitative estimate of drug-likeness (QED) is 0.732. The van der Waals surface area contributed by atoms with Crippen molar-refractivity contribution in [3.05, 3.63) is 64.6 Å². The van der Waals surface area contributed by atoms with E-state index in [1.807, 2.05) is 0 Å². The molecule has 0 N–H and O–H groups in total. The van der Waals surface area contributed by atoms with E-state index in [2.05, 4.69) is 70.5 Å². The zero-order valence-electron chi connectivity index (χ0n) is 10.2. The summed E-state index contributed by atoms with van der Waals surface area (Å²) in [6.07, 6.45) is 0.193. The summed E-state index contributed by atoms with van der Waals surface area (Å²) < 4.78 is 8.12. The first-order valence-corrected chi connectivity index (χ1v) is 8.62. The SMILES string of the molecule is COC(C[Se]c1ccccc1)c1ccc(Br)cc1. The summed E-state index contributed by atoms with van der Waals surface area (Å²) in [6.45, 7) is 0. The maximum atomic E-state index is 5.60. The molecular weight excluding hydrogens is 355 g/mol. The minimum absolute atomic E-state index is 0.193. The predicted octanol–water partition coefficient (Wildman–Crippen LogP) is 3.58. The Balaban J connectivity index is 1.99. The molecule has 0 aliphatic heterocycles. The molecule has 18 heavy (non-hydrogen) atoms. The van der Waals surface area contributed by atoms with E-state index in [1.165, 1.54) is 10.0 Å². The standard InChI is InChI=1S/C15H15BrOSe/c1-17-15(12-7-9-13(16)10-8-12)11-18-14-5-3-2-4-6-14/h2-10,15H,11H2,1H3. The van der Waals surface area contributed by atoms with Crippen molar-refractivity contribution in [3.63, 3.8) is 0 Å². The van der Waals surface area contributed by atoms with Crippen LogP contribution in [0.25, 0.3) is 0 Å². The summed E-state index contributed by atoms with van der Waals surface area (Å²) in [4.78, 5) is 0. The Bertz CT molecular complexity index is 470. The third kappa shape index (κ3) is 3.96. The van der Waals surface area contributed by atoms with Gasteiger partial charge in [0, 0.05) is 0 Å². The van der Waals surface area contributed by atoms with Crippen molar-refractivity contribution in [3.8, 4) is 0 Å². The third-order valence-corrected chi connectivity index (χ3v) is 5.45. The van der Waals surface area contributed by atoms with Gasteiger partial charge in [0.1, 0.15) is 0 Å². The molecule has 3 heteroatoms. The van der Waals surface area contributed by atoms with Crippen LogP contribution in [0, 0.1) is 0 Å². The fourth-order valence-electron chi connectivity index (χ4n) is 1.67. The van der Waals surface area contributed by atoms with Gasteiger partial charge in [0.15, 0.2) is 0 Å². The van der Waals surface area contributed by atoms with Gasteiger partial charge in [-0.1, -0.05) is 0 Å². The number of halogens is 1. The summed E-state index contributed by atoms with van der Waals surface area (Å²) in [5.41, 5.74) is 1.25. The van der Waals surface area contributed by atoms with Crippen molar-refractivity contribution in [2.24, 2.45) is 0 Å². The molecule has 0 aliphatic rings. The zero-order valence-corrected chi connectivity index (χ0v) is 13.5. The zero-order chi connectivity index (χ0) is 12.8. The van der Waals surface area contributed by atoms with Crippen molar-refractivity contribution < 1.29 is 4.74 Å². The number of hydrogen-bond acceptors (Lipinski definition) is 1. The van der Waals surface area contributed by atoms with Crippen LogP contribution in [-0.4, -0.2) is 22.1 Å². The van der Waals surface area contributed by atoms with Gasteiger partial charge in [0.25, 0.3) is 0 Å². The van der Waals surface area contributed by atoms with Gasteiger partial charge in [0.2, 0.25) is 0 Å². The average Bonchev–Trinajstić information content (AvgIpc) is 2.42. The van der Waals surface area contributed by atoms with E-state index in [-0.39, 0.29) is 6.10 Å². The van der Waals surface area contributed by atoms with Crippen molar-refractivity contribution >= 4 is 35.3 Å². The van der Waals surface area contributed by atoms with Crippen LogP contribution in [-0.2, 0) is 4.74 Å². The van der Waals surface area contributed by atoms with Crippen molar-refractivity contribution in [1.82, 2.24) is 0 Å².